The number of carboxylic acid groups (broad SMARTS) is 1. The number of rotatable bonds is 5. The van der Waals surface area contributed by atoms with Crippen LogP contribution in [-0.4, -0.2) is 34.8 Å². The van der Waals surface area contributed by atoms with Crippen molar-refractivity contribution in [3.63, 3.8) is 0 Å². The van der Waals surface area contributed by atoms with E-state index in [2.05, 4.69) is 5.32 Å². The monoisotopic (exact) mass is 390 g/mol. The maximum absolute atomic E-state index is 12.7. The smallest absolute Gasteiger partial charge is 0.339 e. The van der Waals surface area contributed by atoms with Crippen LogP contribution in [0.1, 0.15) is 39.9 Å². The van der Waals surface area contributed by atoms with Crippen LogP contribution in [0.4, 0.5) is 0 Å². The number of halogens is 1. The first-order valence-electron chi connectivity index (χ1n) is 8.39. The number of nitrogens with zero attached hydrogens (tertiary/aromatic N) is 1. The fourth-order valence-electron chi connectivity index (χ4n) is 3.40. The molecule has 8 heteroatoms. The van der Waals surface area contributed by atoms with Crippen molar-refractivity contribution in [3.8, 4) is 0 Å². The molecule has 0 bridgehead atoms. The molecule has 2 heterocycles. The Morgan fingerprint density at radius 1 is 1.37 bits per heavy atom. The van der Waals surface area contributed by atoms with Gasteiger partial charge in [0.15, 0.2) is 0 Å². The lowest BCUT2D eigenvalue weighted by Gasteiger charge is -2.25. The van der Waals surface area contributed by atoms with E-state index < -0.39 is 17.9 Å². The summed E-state index contributed by atoms with van der Waals surface area (Å²) in [4.78, 5) is 37.5. The minimum Gasteiger partial charge on any atom is -0.478 e. The van der Waals surface area contributed by atoms with Crippen LogP contribution < -0.4 is 5.32 Å². The highest BCUT2D eigenvalue weighted by molar-refractivity contribution is 6.30. The Kier molecular flexibility index (Phi) is 5.23. The van der Waals surface area contributed by atoms with E-state index in [4.69, 9.17) is 21.1 Å². The van der Waals surface area contributed by atoms with Crippen molar-refractivity contribution in [3.05, 3.63) is 58.0 Å². The topological polar surface area (TPSA) is 99.9 Å². The van der Waals surface area contributed by atoms with Crippen molar-refractivity contribution in [1.82, 2.24) is 10.2 Å². The maximum atomic E-state index is 12.7. The molecule has 3 rings (SSSR count). The number of carbonyl (C=O) groups is 3. The summed E-state index contributed by atoms with van der Waals surface area (Å²) in [6, 6.07) is 8.07. The van der Waals surface area contributed by atoms with E-state index in [9.17, 15) is 14.4 Å². The Morgan fingerprint density at radius 3 is 2.74 bits per heavy atom. The lowest BCUT2D eigenvalue weighted by atomic mass is 9.93. The highest BCUT2D eigenvalue weighted by atomic mass is 35.5. The fourth-order valence-corrected chi connectivity index (χ4v) is 3.60. The van der Waals surface area contributed by atoms with E-state index in [1.807, 2.05) is 6.07 Å². The number of likely N-dealkylation sites (tertiary alicyclic amines) is 1. The van der Waals surface area contributed by atoms with Gasteiger partial charge < -0.3 is 19.7 Å². The summed E-state index contributed by atoms with van der Waals surface area (Å²) in [7, 11) is 1.66. The number of benzene rings is 1. The summed E-state index contributed by atoms with van der Waals surface area (Å²) in [5, 5.41) is 12.3. The quantitative estimate of drug-likeness (QED) is 0.817. The fraction of sp³-hybridized carbons (Fsp3) is 0.316. The summed E-state index contributed by atoms with van der Waals surface area (Å²) in [6.45, 7) is 1.60. The summed E-state index contributed by atoms with van der Waals surface area (Å²) >= 11 is 6.05. The molecular formula is C19H19ClN2O5. The molecule has 0 unspecified atom stereocenters. The first-order chi connectivity index (χ1) is 12.8. The van der Waals surface area contributed by atoms with Crippen LogP contribution in [-0.2, 0) is 16.1 Å². The Balaban J connectivity index is 1.75. The third-order valence-electron chi connectivity index (χ3n) is 4.75. The van der Waals surface area contributed by atoms with Gasteiger partial charge in [-0.25, -0.2) is 4.79 Å². The first-order valence-corrected chi connectivity index (χ1v) is 8.77. The lowest BCUT2D eigenvalue weighted by molar-refractivity contribution is -0.128. The van der Waals surface area contributed by atoms with E-state index in [1.165, 1.54) is 6.07 Å². The van der Waals surface area contributed by atoms with Gasteiger partial charge >= 0.3 is 5.97 Å². The van der Waals surface area contributed by atoms with Gasteiger partial charge in [0.2, 0.25) is 11.8 Å². The average molecular weight is 391 g/mol. The van der Waals surface area contributed by atoms with E-state index in [0.717, 1.165) is 5.56 Å². The zero-order valence-corrected chi connectivity index (χ0v) is 15.6. The summed E-state index contributed by atoms with van der Waals surface area (Å²) in [6.07, 6.45) is 0.0943. The predicted octanol–water partition coefficient (Wildman–Crippen LogP) is 2.78. The van der Waals surface area contributed by atoms with E-state index >= 15 is 0 Å². The Morgan fingerprint density at radius 2 is 2.11 bits per heavy atom. The molecule has 2 amide bonds. The van der Waals surface area contributed by atoms with Crippen LogP contribution in [0, 0.1) is 12.8 Å². The third-order valence-corrected chi connectivity index (χ3v) is 4.98. The van der Waals surface area contributed by atoms with Gasteiger partial charge in [0.1, 0.15) is 17.1 Å². The van der Waals surface area contributed by atoms with Crippen molar-refractivity contribution in [2.75, 3.05) is 7.05 Å². The summed E-state index contributed by atoms with van der Waals surface area (Å²) < 4.78 is 5.37. The molecule has 2 aromatic rings. The highest BCUT2D eigenvalue weighted by Gasteiger charge is 2.42. The number of furan rings is 1. The van der Waals surface area contributed by atoms with Gasteiger partial charge in [0.25, 0.3) is 0 Å². The Labute approximate surface area is 160 Å². The van der Waals surface area contributed by atoms with E-state index in [1.54, 1.807) is 37.1 Å². The van der Waals surface area contributed by atoms with Gasteiger partial charge in [-0.15, -0.1) is 0 Å². The number of hydrogen-bond donors (Lipinski definition) is 2. The van der Waals surface area contributed by atoms with E-state index in [0.29, 0.717) is 10.8 Å². The van der Waals surface area contributed by atoms with Crippen LogP contribution in [0.5, 0.6) is 0 Å². The highest BCUT2D eigenvalue weighted by Crippen LogP contribution is 2.37. The second-order valence-electron chi connectivity index (χ2n) is 6.52. The predicted molar refractivity (Wildman–Crippen MR) is 97.3 cm³/mol. The normalized spacial score (nSPS) is 19.4. The molecule has 7 nitrogen and oxygen atoms in total. The molecule has 142 valence electrons. The number of hydrogen-bond acceptors (Lipinski definition) is 4. The van der Waals surface area contributed by atoms with Crippen molar-refractivity contribution in [2.24, 2.45) is 5.92 Å². The Bertz CT molecular complexity index is 907. The molecule has 0 saturated carbocycles. The zero-order chi connectivity index (χ0) is 19.7. The largest absolute Gasteiger partial charge is 0.478 e. The van der Waals surface area contributed by atoms with Crippen LogP contribution in [0.15, 0.2) is 34.7 Å². The van der Waals surface area contributed by atoms with Crippen molar-refractivity contribution < 1.29 is 23.9 Å². The number of nitrogens with one attached hydrogen (secondary N) is 1. The second-order valence-corrected chi connectivity index (χ2v) is 6.96. The van der Waals surface area contributed by atoms with Crippen LogP contribution in [0.25, 0.3) is 0 Å². The number of aromatic carboxylic acids is 1. The molecule has 1 aromatic heterocycles. The second kappa shape index (κ2) is 7.44. The minimum absolute atomic E-state index is 0.0453. The minimum atomic E-state index is -1.09. The molecule has 1 saturated heterocycles. The van der Waals surface area contributed by atoms with Crippen LogP contribution in [0.2, 0.25) is 5.02 Å². The molecule has 0 radical (unpaired) electrons. The molecule has 0 aliphatic carbocycles. The third kappa shape index (κ3) is 3.83. The maximum Gasteiger partial charge on any atom is 0.339 e. The standard InChI is InChI=1S/C19H19ClN2O5/c1-10-14(19(25)26)7-13(27-10)9-21-18(24)15-8-16(23)22(2)17(15)11-4-3-5-12(20)6-11/h3-7,15,17H,8-9H2,1-2H3,(H,21,24)(H,25,26)/t15-,17+/m0/s1. The average Bonchev–Trinajstić information content (AvgIpc) is 3.13. The van der Waals surface area contributed by atoms with Crippen LogP contribution >= 0.6 is 11.6 Å². The number of carboxylic acids is 1. The van der Waals surface area contributed by atoms with Crippen molar-refractivity contribution in [1.29, 1.82) is 0 Å². The molecular weight excluding hydrogens is 372 g/mol. The van der Waals surface area contributed by atoms with Gasteiger partial charge in [0, 0.05) is 18.5 Å². The number of amides is 2. The van der Waals surface area contributed by atoms with Crippen molar-refractivity contribution in [2.45, 2.75) is 25.9 Å². The molecule has 1 aromatic carbocycles. The SMILES string of the molecule is Cc1oc(CNC(=O)[C@H]2CC(=O)N(C)[C@@H]2c2cccc(Cl)c2)cc1C(=O)O. The summed E-state index contributed by atoms with van der Waals surface area (Å²) in [5.41, 5.74) is 0.852. The van der Waals surface area contributed by atoms with E-state index in [-0.39, 0.29) is 36.1 Å². The molecule has 0 spiro atoms. The summed E-state index contributed by atoms with van der Waals surface area (Å²) in [5.74, 6) is -1.46. The van der Waals surface area contributed by atoms with Gasteiger partial charge in [-0.2, -0.15) is 0 Å². The Hall–Kier alpha value is -2.80. The van der Waals surface area contributed by atoms with Gasteiger partial charge in [0.05, 0.1) is 18.5 Å². The van der Waals surface area contributed by atoms with Crippen molar-refractivity contribution >= 4 is 29.4 Å². The first kappa shape index (κ1) is 19.0. The van der Waals surface area contributed by atoms with Gasteiger partial charge in [-0.1, -0.05) is 23.7 Å². The molecule has 1 aliphatic heterocycles. The number of carbonyl (C=O) groups excluding carboxylic acids is 2. The molecule has 27 heavy (non-hydrogen) atoms. The zero-order valence-electron chi connectivity index (χ0n) is 14.9. The van der Waals surface area contributed by atoms with Gasteiger partial charge in [-0.3, -0.25) is 9.59 Å². The van der Waals surface area contributed by atoms with Crippen LogP contribution in [0.3, 0.4) is 0 Å². The molecule has 2 N–H and O–H groups in total. The number of aryl methyl sites for hydroxylation is 1. The van der Waals surface area contributed by atoms with Gasteiger partial charge in [-0.05, 0) is 30.7 Å². The molecule has 2 atom stereocenters. The molecule has 1 fully saturated rings. The lowest BCUT2D eigenvalue weighted by Crippen LogP contribution is -2.34. The molecule has 1 aliphatic rings.